The van der Waals surface area contributed by atoms with Gasteiger partial charge in [0, 0.05) is 20.9 Å². The first kappa shape index (κ1) is 20.3. The van der Waals surface area contributed by atoms with Crippen LogP contribution in [-0.4, -0.2) is 29.2 Å². The number of nitrogens with one attached hydrogen (secondary N) is 2. The standard InChI is InChI=1S/C20H15F2N3O3S2/c1-10-17(11-2-5-13(6-3-11)28-19(21)22)24-20(30-10)25-18(27)12-4-7-15-14(8-12)23-16(26)9-29-15/h2-8,19H,9H2,1H3,(H,23,26)(H,24,25,27). The lowest BCUT2D eigenvalue weighted by Gasteiger charge is -2.16. The molecule has 2 N–H and O–H groups in total. The second-order valence-corrected chi connectivity index (χ2v) is 8.55. The van der Waals surface area contributed by atoms with Crippen molar-refractivity contribution in [2.75, 3.05) is 16.4 Å². The number of amides is 2. The van der Waals surface area contributed by atoms with Gasteiger partial charge in [-0.15, -0.1) is 23.1 Å². The Bertz CT molecular complexity index is 1120. The molecule has 0 bridgehead atoms. The number of hydrogen-bond acceptors (Lipinski definition) is 6. The van der Waals surface area contributed by atoms with Crippen LogP contribution in [-0.2, 0) is 4.79 Å². The van der Waals surface area contributed by atoms with E-state index >= 15 is 0 Å². The van der Waals surface area contributed by atoms with E-state index in [4.69, 9.17) is 0 Å². The highest BCUT2D eigenvalue weighted by atomic mass is 32.2. The summed E-state index contributed by atoms with van der Waals surface area (Å²) >= 11 is 2.73. The summed E-state index contributed by atoms with van der Waals surface area (Å²) in [7, 11) is 0. The van der Waals surface area contributed by atoms with E-state index in [0.29, 0.717) is 27.8 Å². The van der Waals surface area contributed by atoms with E-state index in [9.17, 15) is 18.4 Å². The number of anilines is 2. The Hall–Kier alpha value is -2.98. The molecule has 2 heterocycles. The third-order valence-electron chi connectivity index (χ3n) is 4.24. The van der Waals surface area contributed by atoms with Gasteiger partial charge in [-0.1, -0.05) is 0 Å². The molecule has 0 saturated heterocycles. The van der Waals surface area contributed by atoms with E-state index in [-0.39, 0.29) is 17.6 Å². The largest absolute Gasteiger partial charge is 0.435 e. The molecule has 0 fully saturated rings. The quantitative estimate of drug-likeness (QED) is 0.574. The number of hydrogen-bond donors (Lipinski definition) is 2. The second kappa shape index (κ2) is 8.41. The van der Waals surface area contributed by atoms with Gasteiger partial charge in [0.15, 0.2) is 5.13 Å². The fourth-order valence-electron chi connectivity index (χ4n) is 2.91. The SMILES string of the molecule is Cc1sc(NC(=O)c2ccc3c(c2)NC(=O)CS3)nc1-c1ccc(OC(F)F)cc1. The molecule has 3 aromatic rings. The molecule has 1 aliphatic heterocycles. The molecule has 30 heavy (non-hydrogen) atoms. The highest BCUT2D eigenvalue weighted by molar-refractivity contribution is 8.00. The number of aromatic nitrogens is 1. The summed E-state index contributed by atoms with van der Waals surface area (Å²) in [4.78, 5) is 30.4. The lowest BCUT2D eigenvalue weighted by atomic mass is 10.1. The van der Waals surface area contributed by atoms with Crippen LogP contribution >= 0.6 is 23.1 Å². The Kier molecular flexibility index (Phi) is 5.69. The zero-order valence-corrected chi connectivity index (χ0v) is 17.2. The van der Waals surface area contributed by atoms with Gasteiger partial charge in [-0.2, -0.15) is 8.78 Å². The van der Waals surface area contributed by atoms with Gasteiger partial charge in [0.05, 0.1) is 17.1 Å². The molecule has 1 aliphatic rings. The van der Waals surface area contributed by atoms with Crippen LogP contribution in [0.15, 0.2) is 47.4 Å². The van der Waals surface area contributed by atoms with Gasteiger partial charge in [0.1, 0.15) is 5.75 Å². The highest BCUT2D eigenvalue weighted by Gasteiger charge is 2.18. The molecule has 0 unspecified atom stereocenters. The number of benzene rings is 2. The topological polar surface area (TPSA) is 80.3 Å². The summed E-state index contributed by atoms with van der Waals surface area (Å²) < 4.78 is 28.9. The smallest absolute Gasteiger partial charge is 0.387 e. The number of alkyl halides is 2. The minimum absolute atomic E-state index is 0.0628. The molecule has 0 saturated carbocycles. The Balaban J connectivity index is 1.50. The number of carbonyl (C=O) groups excluding carboxylic acids is 2. The van der Waals surface area contributed by atoms with Crippen LogP contribution in [0.4, 0.5) is 19.6 Å². The summed E-state index contributed by atoms with van der Waals surface area (Å²) in [6.45, 7) is -1.02. The number of aryl methyl sites for hydroxylation is 1. The van der Waals surface area contributed by atoms with Crippen molar-refractivity contribution in [3.63, 3.8) is 0 Å². The number of thioether (sulfide) groups is 1. The molecule has 10 heteroatoms. The first-order valence-electron chi connectivity index (χ1n) is 8.80. The minimum atomic E-state index is -2.88. The van der Waals surface area contributed by atoms with E-state index in [0.717, 1.165) is 15.3 Å². The molecule has 1 aromatic heterocycles. The van der Waals surface area contributed by atoms with Crippen molar-refractivity contribution >= 4 is 45.7 Å². The van der Waals surface area contributed by atoms with Crippen LogP contribution in [0.5, 0.6) is 5.75 Å². The van der Waals surface area contributed by atoms with Crippen molar-refractivity contribution in [2.24, 2.45) is 0 Å². The van der Waals surface area contributed by atoms with E-state index in [1.807, 2.05) is 6.92 Å². The lowest BCUT2D eigenvalue weighted by molar-refractivity contribution is -0.113. The summed E-state index contributed by atoms with van der Waals surface area (Å²) in [6, 6.07) is 11.3. The molecular formula is C20H15F2N3O3S2. The first-order valence-corrected chi connectivity index (χ1v) is 10.6. The Morgan fingerprint density at radius 1 is 1.23 bits per heavy atom. The van der Waals surface area contributed by atoms with Gasteiger partial charge < -0.3 is 10.1 Å². The van der Waals surface area contributed by atoms with Crippen LogP contribution in [0.1, 0.15) is 15.2 Å². The first-order chi connectivity index (χ1) is 14.4. The number of thiazole rings is 1. The van der Waals surface area contributed by atoms with E-state index in [1.54, 1.807) is 30.3 Å². The number of nitrogens with zero attached hydrogens (tertiary/aromatic N) is 1. The summed E-state index contributed by atoms with van der Waals surface area (Å²) in [6.07, 6.45) is 0. The molecule has 4 rings (SSSR count). The third kappa shape index (κ3) is 4.44. The fraction of sp³-hybridized carbons (Fsp3) is 0.150. The van der Waals surface area contributed by atoms with Crippen molar-refractivity contribution in [3.05, 3.63) is 52.9 Å². The molecule has 2 amide bonds. The van der Waals surface area contributed by atoms with Crippen molar-refractivity contribution in [2.45, 2.75) is 18.4 Å². The van der Waals surface area contributed by atoms with Crippen molar-refractivity contribution in [1.29, 1.82) is 0 Å². The number of fused-ring (bicyclic) bond motifs is 1. The molecule has 0 atom stereocenters. The predicted octanol–water partition coefficient (Wildman–Crippen LogP) is 5.02. The van der Waals surface area contributed by atoms with Crippen LogP contribution in [0.2, 0.25) is 0 Å². The van der Waals surface area contributed by atoms with Gasteiger partial charge in [0.2, 0.25) is 5.91 Å². The zero-order chi connectivity index (χ0) is 21.3. The van der Waals surface area contributed by atoms with Crippen LogP contribution < -0.4 is 15.4 Å². The molecule has 0 aliphatic carbocycles. The Labute approximate surface area is 178 Å². The van der Waals surface area contributed by atoms with Crippen LogP contribution in [0.3, 0.4) is 0 Å². The van der Waals surface area contributed by atoms with Gasteiger partial charge in [0.25, 0.3) is 5.91 Å². The predicted molar refractivity (Wildman–Crippen MR) is 113 cm³/mol. The van der Waals surface area contributed by atoms with Crippen molar-refractivity contribution in [3.8, 4) is 17.0 Å². The number of rotatable bonds is 5. The lowest BCUT2D eigenvalue weighted by Crippen LogP contribution is -2.19. The maximum Gasteiger partial charge on any atom is 0.387 e. The van der Waals surface area contributed by atoms with E-state index in [2.05, 4.69) is 20.4 Å². The molecule has 154 valence electrons. The number of ether oxygens (including phenoxy) is 1. The maximum absolute atomic E-state index is 12.6. The zero-order valence-electron chi connectivity index (χ0n) is 15.6. The molecular weight excluding hydrogens is 432 g/mol. The molecule has 6 nitrogen and oxygen atoms in total. The van der Waals surface area contributed by atoms with Gasteiger partial charge in [-0.3, -0.25) is 14.9 Å². The Morgan fingerprint density at radius 2 is 2.00 bits per heavy atom. The average molecular weight is 447 g/mol. The van der Waals surface area contributed by atoms with Crippen LogP contribution in [0, 0.1) is 6.92 Å². The molecule has 0 radical (unpaired) electrons. The van der Waals surface area contributed by atoms with Crippen molar-refractivity contribution in [1.82, 2.24) is 4.98 Å². The minimum Gasteiger partial charge on any atom is -0.435 e. The fourth-order valence-corrected chi connectivity index (χ4v) is 4.52. The normalized spacial score (nSPS) is 13.0. The van der Waals surface area contributed by atoms with Gasteiger partial charge in [-0.05, 0) is 49.4 Å². The second-order valence-electron chi connectivity index (χ2n) is 6.33. The highest BCUT2D eigenvalue weighted by Crippen LogP contribution is 2.34. The van der Waals surface area contributed by atoms with Crippen LogP contribution in [0.25, 0.3) is 11.3 Å². The average Bonchev–Trinajstić information content (AvgIpc) is 3.07. The van der Waals surface area contributed by atoms with E-state index < -0.39 is 6.61 Å². The molecule has 2 aromatic carbocycles. The summed E-state index contributed by atoms with van der Waals surface area (Å²) in [5.41, 5.74) is 2.39. The summed E-state index contributed by atoms with van der Waals surface area (Å²) in [5, 5.41) is 5.94. The monoisotopic (exact) mass is 447 g/mol. The third-order valence-corrected chi connectivity index (χ3v) is 6.20. The summed E-state index contributed by atoms with van der Waals surface area (Å²) in [5.74, 6) is -0.0266. The van der Waals surface area contributed by atoms with Gasteiger partial charge in [-0.25, -0.2) is 4.98 Å². The van der Waals surface area contributed by atoms with Crippen molar-refractivity contribution < 1.29 is 23.1 Å². The number of halogens is 2. The van der Waals surface area contributed by atoms with Gasteiger partial charge >= 0.3 is 6.61 Å². The van der Waals surface area contributed by atoms with E-state index in [1.165, 1.54) is 35.2 Å². The Morgan fingerprint density at radius 3 is 2.73 bits per heavy atom. The molecule has 0 spiro atoms. The number of carbonyl (C=O) groups is 2. The maximum atomic E-state index is 12.6.